The summed E-state index contributed by atoms with van der Waals surface area (Å²) in [4.78, 5) is 24.8. The van der Waals surface area contributed by atoms with Crippen LogP contribution >= 0.6 is 0 Å². The second-order valence-corrected chi connectivity index (χ2v) is 5.02. The Hall–Kier alpha value is -2.30. The Labute approximate surface area is 118 Å². The molecular formula is C15H19N3O2. The minimum atomic E-state index is -0.153. The van der Waals surface area contributed by atoms with Crippen LogP contribution in [0.15, 0.2) is 30.3 Å². The van der Waals surface area contributed by atoms with E-state index in [4.69, 9.17) is 5.73 Å². The summed E-state index contributed by atoms with van der Waals surface area (Å²) in [6.45, 7) is 0.566. The molecule has 5 nitrogen and oxygen atoms in total. The molecule has 1 atom stereocenters. The maximum atomic E-state index is 11.8. The summed E-state index contributed by atoms with van der Waals surface area (Å²) in [6, 6.07) is 7.35. The van der Waals surface area contributed by atoms with Crippen molar-refractivity contribution in [3.63, 3.8) is 0 Å². The lowest BCUT2D eigenvalue weighted by atomic mass is 10.1. The van der Waals surface area contributed by atoms with E-state index in [1.165, 1.54) is 6.08 Å². The number of likely N-dealkylation sites (tertiary alicyclic amines) is 1. The Morgan fingerprint density at radius 1 is 1.50 bits per heavy atom. The summed E-state index contributed by atoms with van der Waals surface area (Å²) in [5.41, 5.74) is 7.22. The van der Waals surface area contributed by atoms with E-state index in [0.717, 1.165) is 5.56 Å². The second kappa shape index (κ2) is 6.23. The first-order valence-electron chi connectivity index (χ1n) is 6.62. The number of carbonyl (C=O) groups is 2. The molecule has 106 valence electrons. The number of hydrogen-bond acceptors (Lipinski definition) is 3. The van der Waals surface area contributed by atoms with E-state index in [1.54, 1.807) is 30.2 Å². The van der Waals surface area contributed by atoms with Gasteiger partial charge in [-0.15, -0.1) is 0 Å². The van der Waals surface area contributed by atoms with Crippen LogP contribution in [0.25, 0.3) is 6.08 Å². The van der Waals surface area contributed by atoms with Gasteiger partial charge >= 0.3 is 0 Å². The van der Waals surface area contributed by atoms with E-state index < -0.39 is 0 Å². The SMILES string of the molecule is CN1CC(NC(=O)/C=C/c2cccc(N)c2)CCC1=O. The van der Waals surface area contributed by atoms with Crippen molar-refractivity contribution in [3.8, 4) is 0 Å². The van der Waals surface area contributed by atoms with Crippen molar-refractivity contribution >= 4 is 23.6 Å². The van der Waals surface area contributed by atoms with E-state index in [9.17, 15) is 9.59 Å². The first-order chi connectivity index (χ1) is 9.54. The lowest BCUT2D eigenvalue weighted by Gasteiger charge is -2.29. The maximum Gasteiger partial charge on any atom is 0.244 e. The van der Waals surface area contributed by atoms with Gasteiger partial charge in [-0.2, -0.15) is 0 Å². The quantitative estimate of drug-likeness (QED) is 0.637. The fraction of sp³-hybridized carbons (Fsp3) is 0.333. The largest absolute Gasteiger partial charge is 0.399 e. The van der Waals surface area contributed by atoms with Crippen LogP contribution in [0.1, 0.15) is 18.4 Å². The molecule has 1 saturated heterocycles. The fourth-order valence-electron chi connectivity index (χ4n) is 2.21. The van der Waals surface area contributed by atoms with Crippen LogP contribution in [0.5, 0.6) is 0 Å². The second-order valence-electron chi connectivity index (χ2n) is 5.02. The van der Waals surface area contributed by atoms with Crippen molar-refractivity contribution in [2.75, 3.05) is 19.3 Å². The van der Waals surface area contributed by atoms with E-state index in [0.29, 0.717) is 25.1 Å². The maximum absolute atomic E-state index is 11.8. The molecule has 1 heterocycles. The van der Waals surface area contributed by atoms with Crippen LogP contribution in [0.2, 0.25) is 0 Å². The molecular weight excluding hydrogens is 254 g/mol. The highest BCUT2D eigenvalue weighted by Crippen LogP contribution is 2.10. The lowest BCUT2D eigenvalue weighted by Crippen LogP contribution is -2.48. The monoisotopic (exact) mass is 273 g/mol. The Morgan fingerprint density at radius 2 is 2.30 bits per heavy atom. The van der Waals surface area contributed by atoms with Gasteiger partial charge in [0.05, 0.1) is 0 Å². The molecule has 1 unspecified atom stereocenters. The molecule has 1 aromatic rings. The van der Waals surface area contributed by atoms with Crippen molar-refractivity contribution in [1.82, 2.24) is 10.2 Å². The minimum Gasteiger partial charge on any atom is -0.399 e. The Kier molecular flexibility index (Phi) is 4.40. The fourth-order valence-corrected chi connectivity index (χ4v) is 2.21. The number of likely N-dealkylation sites (N-methyl/N-ethyl adjacent to an activating group) is 1. The average Bonchev–Trinajstić information content (AvgIpc) is 2.41. The van der Waals surface area contributed by atoms with Crippen LogP contribution in [-0.4, -0.2) is 36.3 Å². The third kappa shape index (κ3) is 3.85. The summed E-state index contributed by atoms with van der Waals surface area (Å²) >= 11 is 0. The average molecular weight is 273 g/mol. The minimum absolute atomic E-state index is 0.0238. The van der Waals surface area contributed by atoms with Gasteiger partial charge in [-0.05, 0) is 30.2 Å². The Balaban J connectivity index is 1.88. The molecule has 20 heavy (non-hydrogen) atoms. The zero-order valence-electron chi connectivity index (χ0n) is 11.5. The number of benzene rings is 1. The molecule has 3 N–H and O–H groups in total. The van der Waals surface area contributed by atoms with Gasteiger partial charge in [-0.25, -0.2) is 0 Å². The Morgan fingerprint density at radius 3 is 3.00 bits per heavy atom. The zero-order valence-corrected chi connectivity index (χ0v) is 11.5. The van der Waals surface area contributed by atoms with Crippen LogP contribution in [0.4, 0.5) is 5.69 Å². The molecule has 1 fully saturated rings. The molecule has 0 radical (unpaired) electrons. The van der Waals surface area contributed by atoms with E-state index in [-0.39, 0.29) is 17.9 Å². The molecule has 1 aliphatic rings. The Bertz CT molecular complexity index is 540. The predicted octanol–water partition coefficient (Wildman–Crippen LogP) is 1.02. The molecule has 1 aromatic carbocycles. The number of nitrogens with one attached hydrogen (secondary N) is 1. The van der Waals surface area contributed by atoms with E-state index >= 15 is 0 Å². The molecule has 1 aliphatic heterocycles. The standard InChI is InChI=1S/C15H19N3O2/c1-18-10-13(6-8-15(18)20)17-14(19)7-5-11-3-2-4-12(16)9-11/h2-5,7,9,13H,6,8,10,16H2,1H3,(H,17,19)/b7-5+. The van der Waals surface area contributed by atoms with Crippen LogP contribution < -0.4 is 11.1 Å². The highest BCUT2D eigenvalue weighted by Gasteiger charge is 2.23. The number of anilines is 1. The zero-order chi connectivity index (χ0) is 14.5. The highest BCUT2D eigenvalue weighted by molar-refractivity contribution is 5.92. The van der Waals surface area contributed by atoms with Crippen LogP contribution in [0.3, 0.4) is 0 Å². The molecule has 2 amide bonds. The molecule has 0 saturated carbocycles. The first-order valence-corrected chi connectivity index (χ1v) is 6.62. The lowest BCUT2D eigenvalue weighted by molar-refractivity contribution is -0.133. The van der Waals surface area contributed by atoms with Crippen LogP contribution in [-0.2, 0) is 9.59 Å². The van der Waals surface area contributed by atoms with E-state index in [1.807, 2.05) is 12.1 Å². The summed E-state index contributed by atoms with van der Waals surface area (Å²) in [5, 5.41) is 2.90. The van der Waals surface area contributed by atoms with Gasteiger partial charge < -0.3 is 16.0 Å². The van der Waals surface area contributed by atoms with E-state index in [2.05, 4.69) is 5.32 Å². The molecule has 0 spiro atoms. The molecule has 0 aliphatic carbocycles. The third-order valence-electron chi connectivity index (χ3n) is 3.31. The van der Waals surface area contributed by atoms with Crippen molar-refractivity contribution in [1.29, 1.82) is 0 Å². The number of nitrogen functional groups attached to an aromatic ring is 1. The van der Waals surface area contributed by atoms with Gasteiger partial charge in [-0.3, -0.25) is 9.59 Å². The summed E-state index contributed by atoms with van der Waals surface area (Å²) < 4.78 is 0. The van der Waals surface area contributed by atoms with Crippen molar-refractivity contribution < 1.29 is 9.59 Å². The van der Waals surface area contributed by atoms with Crippen molar-refractivity contribution in [3.05, 3.63) is 35.9 Å². The normalized spacial score (nSPS) is 19.4. The summed E-state index contributed by atoms with van der Waals surface area (Å²) in [6.07, 6.45) is 4.40. The molecule has 0 aromatic heterocycles. The van der Waals surface area contributed by atoms with Gasteiger partial charge in [0.15, 0.2) is 0 Å². The van der Waals surface area contributed by atoms with Crippen molar-refractivity contribution in [2.24, 2.45) is 0 Å². The molecule has 5 heteroatoms. The van der Waals surface area contributed by atoms with Gasteiger partial charge in [0, 0.05) is 37.8 Å². The number of amides is 2. The van der Waals surface area contributed by atoms with Gasteiger partial charge in [0.1, 0.15) is 0 Å². The van der Waals surface area contributed by atoms with Gasteiger partial charge in [0.2, 0.25) is 11.8 Å². The number of hydrogen-bond donors (Lipinski definition) is 2. The third-order valence-corrected chi connectivity index (χ3v) is 3.31. The number of nitrogens with two attached hydrogens (primary N) is 1. The first kappa shape index (κ1) is 14.1. The van der Waals surface area contributed by atoms with Crippen LogP contribution in [0, 0.1) is 0 Å². The molecule has 2 rings (SSSR count). The predicted molar refractivity (Wildman–Crippen MR) is 78.7 cm³/mol. The summed E-state index contributed by atoms with van der Waals surface area (Å²) in [5.74, 6) is -0.0222. The highest BCUT2D eigenvalue weighted by atomic mass is 16.2. The van der Waals surface area contributed by atoms with Crippen molar-refractivity contribution in [2.45, 2.75) is 18.9 Å². The number of piperidine rings is 1. The number of nitrogens with zero attached hydrogens (tertiary/aromatic N) is 1. The molecule has 0 bridgehead atoms. The topological polar surface area (TPSA) is 75.4 Å². The summed E-state index contributed by atoms with van der Waals surface area (Å²) in [7, 11) is 1.75. The van der Waals surface area contributed by atoms with Gasteiger partial charge in [-0.1, -0.05) is 12.1 Å². The number of carbonyl (C=O) groups excluding carboxylic acids is 2. The van der Waals surface area contributed by atoms with Gasteiger partial charge in [0.25, 0.3) is 0 Å². The number of rotatable bonds is 3. The smallest absolute Gasteiger partial charge is 0.244 e.